The van der Waals surface area contributed by atoms with Crippen LogP contribution in [-0.2, 0) is 18.2 Å². The zero-order valence-corrected chi connectivity index (χ0v) is 13.0. The van der Waals surface area contributed by atoms with Crippen molar-refractivity contribution in [2.45, 2.75) is 44.8 Å². The first-order valence-corrected chi connectivity index (χ1v) is 8.05. The van der Waals surface area contributed by atoms with Crippen molar-refractivity contribution in [3.63, 3.8) is 0 Å². The van der Waals surface area contributed by atoms with E-state index < -0.39 is 0 Å². The van der Waals surface area contributed by atoms with Gasteiger partial charge in [0.05, 0.1) is 17.1 Å². The largest absolute Gasteiger partial charge is 0.377 e. The minimum atomic E-state index is 0.330. The van der Waals surface area contributed by atoms with Gasteiger partial charge in [-0.25, -0.2) is 4.98 Å². The van der Waals surface area contributed by atoms with Gasteiger partial charge in [-0.15, -0.1) is 0 Å². The molecule has 1 saturated heterocycles. The highest BCUT2D eigenvalue weighted by molar-refractivity contribution is 5.75. The fourth-order valence-corrected chi connectivity index (χ4v) is 3.16. The maximum Gasteiger partial charge on any atom is 0.111 e. The molecular weight excluding hydrogens is 262 g/mol. The lowest BCUT2D eigenvalue weighted by Crippen LogP contribution is -2.42. The third kappa shape index (κ3) is 3.11. The quantitative estimate of drug-likeness (QED) is 0.888. The molecule has 4 heteroatoms. The normalized spacial score (nSPS) is 20.2. The Morgan fingerprint density at radius 3 is 3.00 bits per heavy atom. The molecule has 0 amide bonds. The zero-order chi connectivity index (χ0) is 14.7. The van der Waals surface area contributed by atoms with Crippen LogP contribution in [0, 0.1) is 0 Å². The van der Waals surface area contributed by atoms with Crippen molar-refractivity contribution in [1.82, 2.24) is 14.9 Å². The van der Waals surface area contributed by atoms with Gasteiger partial charge in [0.2, 0.25) is 0 Å². The maximum atomic E-state index is 5.90. The molecule has 0 saturated carbocycles. The van der Waals surface area contributed by atoms with Crippen LogP contribution in [0.3, 0.4) is 0 Å². The summed E-state index contributed by atoms with van der Waals surface area (Å²) in [7, 11) is 2.11. The summed E-state index contributed by atoms with van der Waals surface area (Å²) in [6.07, 6.45) is 4.74. The number of fused-ring (bicyclic) bond motifs is 1. The summed E-state index contributed by atoms with van der Waals surface area (Å²) in [6.45, 7) is 4.14. The lowest BCUT2D eigenvalue weighted by atomic mass is 10.0. The van der Waals surface area contributed by atoms with E-state index in [0.29, 0.717) is 12.1 Å². The molecule has 1 aromatic carbocycles. The number of nitrogens with one attached hydrogen (secondary N) is 1. The Bertz CT molecular complexity index is 587. The Kier molecular flexibility index (Phi) is 4.56. The second kappa shape index (κ2) is 6.58. The zero-order valence-electron chi connectivity index (χ0n) is 13.0. The van der Waals surface area contributed by atoms with E-state index in [1.54, 1.807) is 0 Å². The van der Waals surface area contributed by atoms with E-state index in [-0.39, 0.29) is 0 Å². The number of benzene rings is 1. The molecule has 1 aromatic heterocycles. The van der Waals surface area contributed by atoms with Crippen LogP contribution in [0.4, 0.5) is 0 Å². The molecule has 4 nitrogen and oxygen atoms in total. The Hall–Kier alpha value is -1.39. The van der Waals surface area contributed by atoms with Gasteiger partial charge in [0.25, 0.3) is 0 Å². The monoisotopic (exact) mass is 287 g/mol. The van der Waals surface area contributed by atoms with Gasteiger partial charge in [0, 0.05) is 26.1 Å². The molecular formula is C17H25N3O. The summed E-state index contributed by atoms with van der Waals surface area (Å²) in [6, 6.07) is 8.70. The van der Waals surface area contributed by atoms with Crippen LogP contribution in [0.2, 0.25) is 0 Å². The van der Waals surface area contributed by atoms with E-state index >= 15 is 0 Å². The molecule has 1 aliphatic heterocycles. The van der Waals surface area contributed by atoms with E-state index in [4.69, 9.17) is 9.72 Å². The number of hydrogen-bond acceptors (Lipinski definition) is 3. The first-order valence-electron chi connectivity index (χ1n) is 8.05. The van der Waals surface area contributed by atoms with Crippen molar-refractivity contribution in [2.75, 3.05) is 13.2 Å². The number of para-hydroxylation sites is 2. The molecule has 0 bridgehead atoms. The average molecular weight is 287 g/mol. The Morgan fingerprint density at radius 2 is 2.29 bits per heavy atom. The van der Waals surface area contributed by atoms with Crippen molar-refractivity contribution >= 4 is 11.0 Å². The summed E-state index contributed by atoms with van der Waals surface area (Å²) in [5.41, 5.74) is 2.28. The van der Waals surface area contributed by atoms with Crippen LogP contribution in [-0.4, -0.2) is 34.8 Å². The van der Waals surface area contributed by atoms with E-state index in [1.165, 1.54) is 11.9 Å². The van der Waals surface area contributed by atoms with Gasteiger partial charge in [-0.05, 0) is 37.9 Å². The number of nitrogens with zero attached hydrogens (tertiary/aromatic N) is 2. The second-order valence-corrected chi connectivity index (χ2v) is 5.89. The topological polar surface area (TPSA) is 39.1 Å². The first-order chi connectivity index (χ1) is 10.3. The van der Waals surface area contributed by atoms with Crippen molar-refractivity contribution in [3.8, 4) is 0 Å². The summed E-state index contributed by atoms with van der Waals surface area (Å²) < 4.78 is 8.11. The van der Waals surface area contributed by atoms with Gasteiger partial charge in [0.15, 0.2) is 0 Å². The number of aryl methyl sites for hydroxylation is 1. The maximum absolute atomic E-state index is 5.90. The molecule has 114 valence electrons. The fraction of sp³-hybridized carbons (Fsp3) is 0.588. The van der Waals surface area contributed by atoms with Gasteiger partial charge >= 0.3 is 0 Å². The predicted molar refractivity (Wildman–Crippen MR) is 85.5 cm³/mol. The summed E-state index contributed by atoms with van der Waals surface area (Å²) in [5.74, 6) is 1.14. The third-order valence-electron chi connectivity index (χ3n) is 4.35. The van der Waals surface area contributed by atoms with Crippen LogP contribution in [0.5, 0.6) is 0 Å². The SMILES string of the molecule is CCCNC(Cc1nc2ccccc2n1C)C1CCCO1. The number of imidazole rings is 1. The third-order valence-corrected chi connectivity index (χ3v) is 4.35. The van der Waals surface area contributed by atoms with E-state index in [1.807, 2.05) is 6.07 Å². The van der Waals surface area contributed by atoms with Gasteiger partial charge in [-0.2, -0.15) is 0 Å². The van der Waals surface area contributed by atoms with Crippen LogP contribution in [0.1, 0.15) is 32.0 Å². The summed E-state index contributed by atoms with van der Waals surface area (Å²) >= 11 is 0. The molecule has 2 unspecified atom stereocenters. The van der Waals surface area contributed by atoms with Crippen LogP contribution in [0.15, 0.2) is 24.3 Å². The van der Waals surface area contributed by atoms with Gasteiger partial charge in [0.1, 0.15) is 5.82 Å². The highest BCUT2D eigenvalue weighted by Gasteiger charge is 2.27. The molecule has 2 atom stereocenters. The Labute approximate surface area is 126 Å². The smallest absolute Gasteiger partial charge is 0.111 e. The van der Waals surface area contributed by atoms with E-state index in [9.17, 15) is 0 Å². The van der Waals surface area contributed by atoms with E-state index in [0.717, 1.165) is 43.8 Å². The number of rotatable bonds is 6. The van der Waals surface area contributed by atoms with Crippen LogP contribution >= 0.6 is 0 Å². The molecule has 0 spiro atoms. The van der Waals surface area contributed by atoms with Crippen molar-refractivity contribution in [2.24, 2.45) is 7.05 Å². The van der Waals surface area contributed by atoms with Gasteiger partial charge in [-0.1, -0.05) is 19.1 Å². The predicted octanol–water partition coefficient (Wildman–Crippen LogP) is 2.66. The van der Waals surface area contributed by atoms with E-state index in [2.05, 4.69) is 42.1 Å². The average Bonchev–Trinajstić information content (AvgIpc) is 3.13. The lowest BCUT2D eigenvalue weighted by Gasteiger charge is -2.24. The summed E-state index contributed by atoms with van der Waals surface area (Å²) in [5, 5.41) is 3.65. The molecule has 0 aliphatic carbocycles. The molecule has 1 N–H and O–H groups in total. The summed E-state index contributed by atoms with van der Waals surface area (Å²) in [4.78, 5) is 4.80. The Morgan fingerprint density at radius 1 is 1.43 bits per heavy atom. The van der Waals surface area contributed by atoms with Crippen LogP contribution in [0.25, 0.3) is 11.0 Å². The Balaban J connectivity index is 1.81. The molecule has 2 heterocycles. The first kappa shape index (κ1) is 14.5. The second-order valence-electron chi connectivity index (χ2n) is 5.89. The number of ether oxygens (including phenoxy) is 1. The van der Waals surface area contributed by atoms with Gasteiger partial charge < -0.3 is 14.6 Å². The van der Waals surface area contributed by atoms with Gasteiger partial charge in [-0.3, -0.25) is 0 Å². The van der Waals surface area contributed by atoms with Crippen molar-refractivity contribution < 1.29 is 4.74 Å². The molecule has 0 radical (unpaired) electrons. The number of aromatic nitrogens is 2. The molecule has 2 aromatic rings. The van der Waals surface area contributed by atoms with Crippen molar-refractivity contribution in [1.29, 1.82) is 0 Å². The number of hydrogen-bond donors (Lipinski definition) is 1. The highest BCUT2D eigenvalue weighted by Crippen LogP contribution is 2.21. The molecule has 3 rings (SSSR count). The van der Waals surface area contributed by atoms with Crippen LogP contribution < -0.4 is 5.32 Å². The van der Waals surface area contributed by atoms with Crippen molar-refractivity contribution in [3.05, 3.63) is 30.1 Å². The fourth-order valence-electron chi connectivity index (χ4n) is 3.16. The molecule has 1 aliphatic rings. The standard InChI is InChI=1S/C17H25N3O/c1-3-10-18-14(16-9-6-11-21-16)12-17-19-13-7-4-5-8-15(13)20(17)2/h4-5,7-8,14,16,18H,3,6,9-12H2,1-2H3. The molecule has 21 heavy (non-hydrogen) atoms. The minimum Gasteiger partial charge on any atom is -0.377 e. The minimum absolute atomic E-state index is 0.330. The lowest BCUT2D eigenvalue weighted by molar-refractivity contribution is 0.0776. The highest BCUT2D eigenvalue weighted by atomic mass is 16.5. The molecule has 1 fully saturated rings.